The number of ether oxygens (including phenoxy) is 2. The summed E-state index contributed by atoms with van der Waals surface area (Å²) in [6.07, 6.45) is -1.72. The Labute approximate surface area is 216 Å². The molecule has 2 unspecified atom stereocenters. The SMILES string of the molecule is COC(=O)C1CC[C@@]2(C=C(c3cc(-n4nnnc4C(F)(F)F)ccc3C(C)C)CO2)C1c1ccc(F)cc1. The number of carbonyl (C=O) groups excluding carboxylic acids is 1. The van der Waals surface area contributed by atoms with Gasteiger partial charge in [-0.2, -0.15) is 17.9 Å². The van der Waals surface area contributed by atoms with E-state index in [1.165, 1.54) is 19.2 Å². The molecule has 0 N–H and O–H groups in total. The molecule has 2 aliphatic rings. The van der Waals surface area contributed by atoms with Crippen LogP contribution in [0.25, 0.3) is 11.3 Å². The van der Waals surface area contributed by atoms with Gasteiger partial charge in [-0.05, 0) is 81.8 Å². The van der Waals surface area contributed by atoms with Crippen LogP contribution in [0.1, 0.15) is 61.0 Å². The van der Waals surface area contributed by atoms with E-state index < -0.39 is 35.3 Å². The molecule has 7 nitrogen and oxygen atoms in total. The van der Waals surface area contributed by atoms with Crippen molar-refractivity contribution in [3.8, 4) is 5.69 Å². The first-order valence-electron chi connectivity index (χ1n) is 12.2. The van der Waals surface area contributed by atoms with Crippen molar-refractivity contribution in [1.29, 1.82) is 0 Å². The van der Waals surface area contributed by atoms with Crippen molar-refractivity contribution in [1.82, 2.24) is 20.2 Å². The predicted octanol–water partition coefficient (Wildman–Crippen LogP) is 5.46. The van der Waals surface area contributed by atoms with Crippen LogP contribution in [0.4, 0.5) is 17.6 Å². The first-order valence-corrected chi connectivity index (χ1v) is 12.2. The van der Waals surface area contributed by atoms with Crippen LogP contribution < -0.4 is 0 Å². The van der Waals surface area contributed by atoms with Gasteiger partial charge in [0, 0.05) is 5.92 Å². The van der Waals surface area contributed by atoms with E-state index in [9.17, 15) is 22.4 Å². The van der Waals surface area contributed by atoms with Gasteiger partial charge >= 0.3 is 12.1 Å². The van der Waals surface area contributed by atoms with E-state index >= 15 is 0 Å². The van der Waals surface area contributed by atoms with Gasteiger partial charge < -0.3 is 9.47 Å². The number of hydrogen-bond acceptors (Lipinski definition) is 6. The molecule has 1 spiro atoms. The molecule has 1 aliphatic heterocycles. The Morgan fingerprint density at radius 1 is 1.18 bits per heavy atom. The number of alkyl halides is 3. The highest BCUT2D eigenvalue weighted by molar-refractivity contribution is 5.77. The van der Waals surface area contributed by atoms with E-state index in [-0.39, 0.29) is 24.2 Å². The third-order valence-electron chi connectivity index (χ3n) is 7.40. The number of carbonyl (C=O) groups is 1. The lowest BCUT2D eigenvalue weighted by molar-refractivity contribution is -0.147. The molecule has 1 fully saturated rings. The fourth-order valence-corrected chi connectivity index (χ4v) is 5.70. The van der Waals surface area contributed by atoms with Crippen molar-refractivity contribution >= 4 is 11.5 Å². The van der Waals surface area contributed by atoms with Crippen LogP contribution in [0.15, 0.2) is 48.5 Å². The quantitative estimate of drug-likeness (QED) is 0.322. The predicted molar refractivity (Wildman–Crippen MR) is 129 cm³/mol. The fraction of sp³-hybridized carbons (Fsp3) is 0.407. The molecule has 200 valence electrons. The van der Waals surface area contributed by atoms with E-state index in [1.807, 2.05) is 19.9 Å². The van der Waals surface area contributed by atoms with Crippen molar-refractivity contribution in [3.05, 3.63) is 76.9 Å². The normalized spacial score (nSPS) is 23.3. The summed E-state index contributed by atoms with van der Waals surface area (Å²) in [5.74, 6) is -2.83. The number of halogens is 4. The van der Waals surface area contributed by atoms with Crippen LogP contribution in [-0.4, -0.2) is 45.5 Å². The minimum absolute atomic E-state index is 0.0618. The molecule has 38 heavy (non-hydrogen) atoms. The van der Waals surface area contributed by atoms with E-state index in [4.69, 9.17) is 9.47 Å². The molecule has 0 radical (unpaired) electrons. The van der Waals surface area contributed by atoms with E-state index in [0.717, 1.165) is 22.3 Å². The van der Waals surface area contributed by atoms with Crippen molar-refractivity contribution < 1.29 is 31.8 Å². The maximum Gasteiger partial charge on any atom is 0.453 e. The van der Waals surface area contributed by atoms with Crippen molar-refractivity contribution in [2.75, 3.05) is 13.7 Å². The third kappa shape index (κ3) is 4.48. The maximum absolute atomic E-state index is 13.7. The zero-order valence-electron chi connectivity index (χ0n) is 21.0. The topological polar surface area (TPSA) is 79.1 Å². The van der Waals surface area contributed by atoms with E-state index in [0.29, 0.717) is 17.5 Å². The highest BCUT2D eigenvalue weighted by Gasteiger charge is 2.54. The smallest absolute Gasteiger partial charge is 0.453 e. The van der Waals surface area contributed by atoms with Gasteiger partial charge in [0.1, 0.15) is 5.82 Å². The average molecular weight is 531 g/mol. The van der Waals surface area contributed by atoms with Crippen LogP contribution in [0.3, 0.4) is 0 Å². The van der Waals surface area contributed by atoms with E-state index in [1.54, 1.807) is 30.3 Å². The average Bonchev–Trinajstić information content (AvgIpc) is 3.63. The summed E-state index contributed by atoms with van der Waals surface area (Å²) in [5.41, 5.74) is 2.48. The van der Waals surface area contributed by atoms with Crippen molar-refractivity contribution in [2.45, 2.75) is 50.3 Å². The summed E-state index contributed by atoms with van der Waals surface area (Å²) in [4.78, 5) is 12.7. The van der Waals surface area contributed by atoms with Crippen molar-refractivity contribution in [2.24, 2.45) is 5.92 Å². The highest BCUT2D eigenvalue weighted by Crippen LogP contribution is 2.54. The summed E-state index contributed by atoms with van der Waals surface area (Å²) in [7, 11) is 1.33. The second-order valence-corrected chi connectivity index (χ2v) is 9.95. The number of hydrogen-bond donors (Lipinski definition) is 0. The van der Waals surface area contributed by atoms with Crippen LogP contribution in [-0.2, 0) is 20.4 Å². The van der Waals surface area contributed by atoms with Gasteiger partial charge in [0.05, 0.1) is 30.9 Å². The fourth-order valence-electron chi connectivity index (χ4n) is 5.70. The Morgan fingerprint density at radius 3 is 2.58 bits per heavy atom. The summed E-state index contributed by atoms with van der Waals surface area (Å²) in [5, 5.41) is 9.95. The molecule has 1 aromatic heterocycles. The molecular weight excluding hydrogens is 504 g/mol. The van der Waals surface area contributed by atoms with Gasteiger partial charge in [-0.1, -0.05) is 32.0 Å². The number of methoxy groups -OCH3 is 1. The Morgan fingerprint density at radius 2 is 1.92 bits per heavy atom. The monoisotopic (exact) mass is 530 g/mol. The second kappa shape index (κ2) is 9.61. The standard InChI is InChI=1S/C27H26F4N4O3/c1-15(2)20-9-8-19(35-25(27(29,30)31)32-33-34-35)12-22(20)17-13-26(38-14-17)11-10-21(24(36)37-3)23(26)16-4-6-18(28)7-5-16/h4-9,12-13,15,21,23H,10-11,14H2,1-3H3/t21?,23?,26-/m1/s1. The molecule has 11 heteroatoms. The second-order valence-electron chi connectivity index (χ2n) is 9.95. The number of tetrazole rings is 1. The Hall–Kier alpha value is -3.60. The van der Waals surface area contributed by atoms with E-state index in [2.05, 4.69) is 15.5 Å². The van der Waals surface area contributed by atoms with Crippen LogP contribution in [0, 0.1) is 11.7 Å². The molecule has 0 bridgehead atoms. The largest absolute Gasteiger partial charge is 0.469 e. The molecule has 2 aromatic carbocycles. The Bertz CT molecular complexity index is 1380. The molecule has 3 atom stereocenters. The van der Waals surface area contributed by atoms with Gasteiger partial charge in [-0.15, -0.1) is 5.10 Å². The first kappa shape index (κ1) is 26.0. The number of aromatic nitrogens is 4. The highest BCUT2D eigenvalue weighted by atomic mass is 19.4. The van der Waals surface area contributed by atoms with Gasteiger partial charge in [-0.25, -0.2) is 4.39 Å². The molecule has 0 saturated heterocycles. The first-order chi connectivity index (χ1) is 18.0. The summed E-state index contributed by atoms with van der Waals surface area (Å²) in [6, 6.07) is 10.9. The minimum Gasteiger partial charge on any atom is -0.469 e. The lowest BCUT2D eigenvalue weighted by atomic mass is 9.79. The number of nitrogens with zero attached hydrogens (tertiary/aromatic N) is 4. The number of esters is 1. The molecule has 1 aliphatic carbocycles. The zero-order chi connectivity index (χ0) is 27.2. The van der Waals surface area contributed by atoms with Crippen LogP contribution >= 0.6 is 0 Å². The lowest BCUT2D eigenvalue weighted by Gasteiger charge is -2.31. The van der Waals surface area contributed by atoms with Gasteiger partial charge in [0.25, 0.3) is 5.82 Å². The molecule has 1 saturated carbocycles. The molecular formula is C27H26F4N4O3. The molecule has 0 amide bonds. The number of benzene rings is 2. The Balaban J connectivity index is 1.61. The number of rotatable bonds is 5. The maximum atomic E-state index is 13.7. The summed E-state index contributed by atoms with van der Waals surface area (Å²) in [6.45, 7) is 4.18. The van der Waals surface area contributed by atoms with Gasteiger partial charge in [-0.3, -0.25) is 4.79 Å². The zero-order valence-corrected chi connectivity index (χ0v) is 21.0. The van der Waals surface area contributed by atoms with Gasteiger partial charge in [0.15, 0.2) is 0 Å². The molecule has 5 rings (SSSR count). The van der Waals surface area contributed by atoms with Crippen LogP contribution in [0.2, 0.25) is 0 Å². The molecule has 2 heterocycles. The molecule has 3 aromatic rings. The van der Waals surface area contributed by atoms with Gasteiger partial charge in [0.2, 0.25) is 0 Å². The minimum atomic E-state index is -4.73. The lowest BCUT2D eigenvalue weighted by Crippen LogP contribution is -2.34. The Kier molecular flexibility index (Phi) is 6.58. The third-order valence-corrected chi connectivity index (χ3v) is 7.40. The summed E-state index contributed by atoms with van der Waals surface area (Å²) < 4.78 is 66.3. The van der Waals surface area contributed by atoms with Crippen molar-refractivity contribution in [3.63, 3.8) is 0 Å². The van der Waals surface area contributed by atoms with Crippen LogP contribution in [0.5, 0.6) is 0 Å². The summed E-state index contributed by atoms with van der Waals surface area (Å²) >= 11 is 0.